The summed E-state index contributed by atoms with van der Waals surface area (Å²) in [5, 5.41) is 0. The van der Waals surface area contributed by atoms with E-state index in [4.69, 9.17) is 18.9 Å². The second-order valence-corrected chi connectivity index (χ2v) is 46.8. The standard InChI is InChI=1S/4C9H8O2S.C6H4.2Bi/c4*1-2-9(10)11-7-3-5-8(12)6-4-7;1-2-4-6-5-3-1;;/h4*2-6,12H,1H2;1-2,5-6H;;/q;;;;;2*+2/p-4. The van der Waals surface area contributed by atoms with Crippen molar-refractivity contribution in [3.05, 3.63) is 172 Å². The molecule has 282 valence electrons. The Morgan fingerprint density at radius 2 is 0.554 bits per heavy atom. The van der Waals surface area contributed by atoms with Gasteiger partial charge in [0.05, 0.1) is 0 Å². The third-order valence-corrected chi connectivity index (χ3v) is 47.9. The van der Waals surface area contributed by atoms with E-state index < -0.39 is 61.5 Å². The Balaban J connectivity index is 1.42. The van der Waals surface area contributed by atoms with Gasteiger partial charge in [0, 0.05) is 0 Å². The molecule has 14 heteroatoms. The van der Waals surface area contributed by atoms with E-state index in [9.17, 15) is 19.2 Å². The van der Waals surface area contributed by atoms with Gasteiger partial charge in [-0.05, 0) is 0 Å². The summed E-state index contributed by atoms with van der Waals surface area (Å²) in [6.07, 6.45) is 4.51. The van der Waals surface area contributed by atoms with Crippen LogP contribution in [0.5, 0.6) is 23.0 Å². The number of ether oxygens (including phenoxy) is 4. The maximum atomic E-state index is 11.7. The monoisotopic (exact) mass is 1210 g/mol. The Morgan fingerprint density at radius 1 is 0.357 bits per heavy atom. The van der Waals surface area contributed by atoms with Gasteiger partial charge < -0.3 is 0 Å². The van der Waals surface area contributed by atoms with Crippen molar-refractivity contribution in [2.75, 3.05) is 0 Å². The number of benzene rings is 5. The molecule has 5 rings (SSSR count). The zero-order chi connectivity index (χ0) is 39.9. The van der Waals surface area contributed by atoms with Gasteiger partial charge in [-0.15, -0.1) is 0 Å². The molecular formula is C42H32Bi2O8S4. The normalized spacial score (nSPS) is 10.6. The first-order valence-electron chi connectivity index (χ1n) is 16.3. The molecular weight excluding hydrogens is 1180 g/mol. The van der Waals surface area contributed by atoms with Gasteiger partial charge in [-0.1, -0.05) is 0 Å². The van der Waals surface area contributed by atoms with Crippen molar-refractivity contribution in [1.29, 1.82) is 0 Å². The van der Waals surface area contributed by atoms with Gasteiger partial charge in [-0.2, -0.15) is 0 Å². The maximum absolute atomic E-state index is 11.7. The number of hydrogen-bond acceptors (Lipinski definition) is 12. The van der Waals surface area contributed by atoms with E-state index >= 15 is 0 Å². The zero-order valence-electron chi connectivity index (χ0n) is 29.5. The van der Waals surface area contributed by atoms with Crippen molar-refractivity contribution in [2.45, 2.75) is 19.6 Å². The van der Waals surface area contributed by atoms with Gasteiger partial charge in [-0.3, -0.25) is 0 Å². The molecule has 0 bridgehead atoms. The average Bonchev–Trinajstić information content (AvgIpc) is 3.22. The van der Waals surface area contributed by atoms with Crippen molar-refractivity contribution in [3.8, 4) is 23.0 Å². The van der Waals surface area contributed by atoms with Crippen LogP contribution in [0.3, 0.4) is 0 Å². The summed E-state index contributed by atoms with van der Waals surface area (Å²) in [7, 11) is 7.41. The van der Waals surface area contributed by atoms with Crippen LogP contribution in [-0.2, 0) is 19.2 Å². The molecule has 0 saturated heterocycles. The van der Waals surface area contributed by atoms with Gasteiger partial charge in [0.25, 0.3) is 0 Å². The van der Waals surface area contributed by atoms with E-state index in [1.807, 2.05) is 82.6 Å². The minimum atomic E-state index is -2.72. The molecule has 8 nitrogen and oxygen atoms in total. The van der Waals surface area contributed by atoms with Crippen LogP contribution < -0.4 is 25.5 Å². The van der Waals surface area contributed by atoms with Gasteiger partial charge >= 0.3 is 355 Å². The van der Waals surface area contributed by atoms with Gasteiger partial charge in [-0.25, -0.2) is 0 Å². The molecule has 56 heavy (non-hydrogen) atoms. The van der Waals surface area contributed by atoms with Gasteiger partial charge in [0.1, 0.15) is 0 Å². The van der Waals surface area contributed by atoms with Crippen LogP contribution in [0, 0.1) is 0 Å². The summed E-state index contributed by atoms with van der Waals surface area (Å²) < 4.78 is 23.7. The summed E-state index contributed by atoms with van der Waals surface area (Å²) in [6.45, 7) is 13.8. The Morgan fingerprint density at radius 3 is 0.732 bits per heavy atom. The van der Waals surface area contributed by atoms with Crippen molar-refractivity contribution in [2.24, 2.45) is 0 Å². The van der Waals surface area contributed by atoms with Crippen molar-refractivity contribution >= 4 is 102 Å². The second kappa shape index (κ2) is 22.2. The van der Waals surface area contributed by atoms with Crippen LogP contribution in [0.4, 0.5) is 0 Å². The molecule has 0 spiro atoms. The molecule has 0 radical (unpaired) electrons. The predicted octanol–water partition coefficient (Wildman–Crippen LogP) is 8.61. The number of carbonyl (C=O) groups is 4. The fraction of sp³-hybridized carbons (Fsp3) is 0. The summed E-state index contributed by atoms with van der Waals surface area (Å²) >= 11 is -5.43. The Hall–Kier alpha value is -3.89. The Labute approximate surface area is 351 Å². The summed E-state index contributed by atoms with van der Waals surface area (Å²) in [5.74, 6) is -0.289. The van der Waals surface area contributed by atoms with Gasteiger partial charge in [0.2, 0.25) is 0 Å². The van der Waals surface area contributed by atoms with Crippen molar-refractivity contribution in [3.63, 3.8) is 0 Å². The molecule has 0 saturated carbocycles. The first-order chi connectivity index (χ1) is 27.1. The first-order valence-corrected chi connectivity index (χ1v) is 39.9. The number of esters is 4. The molecule has 5 aromatic rings. The van der Waals surface area contributed by atoms with E-state index in [-0.39, 0.29) is 0 Å². The van der Waals surface area contributed by atoms with E-state index in [0.717, 1.165) is 43.9 Å². The molecule has 5 aromatic carbocycles. The molecule has 0 N–H and O–H groups in total. The number of carbonyl (C=O) groups excluding carboxylic acids is 4. The zero-order valence-corrected chi connectivity index (χ0v) is 39.7. The van der Waals surface area contributed by atoms with Crippen LogP contribution in [0.25, 0.3) is 0 Å². The summed E-state index contributed by atoms with van der Waals surface area (Å²) in [4.78, 5) is 51.1. The molecule has 0 aromatic heterocycles. The Bertz CT molecular complexity index is 1900. The molecule has 0 unspecified atom stereocenters. The van der Waals surface area contributed by atoms with Crippen LogP contribution in [0.15, 0.2) is 192 Å². The fourth-order valence-electron chi connectivity index (χ4n) is 4.23. The number of rotatable bonds is 18. The molecule has 0 aliphatic rings. The van der Waals surface area contributed by atoms with Crippen LogP contribution >= 0.6 is 34.1 Å². The second-order valence-electron chi connectivity index (χ2n) is 10.8. The van der Waals surface area contributed by atoms with Crippen LogP contribution in [0.1, 0.15) is 0 Å². The quantitative estimate of drug-likeness (QED) is 0.0363. The predicted molar refractivity (Wildman–Crippen MR) is 230 cm³/mol. The van der Waals surface area contributed by atoms with Crippen LogP contribution in [-0.4, -0.2) is 61.5 Å². The molecule has 0 aliphatic heterocycles. The van der Waals surface area contributed by atoms with E-state index in [1.54, 1.807) is 48.5 Å². The molecule has 0 heterocycles. The SMILES string of the molecule is C=CC(=O)Oc1ccc([S][Bi]([S]c2ccc(OC(=O)C=C)cc2)[c]2cc[c]([Bi]([S]c3ccc(OC(=O)C=C)cc3)[S]c3ccc(OC(=O)C=C)cc3)cc2)cc1. The van der Waals surface area contributed by atoms with Crippen molar-refractivity contribution in [1.82, 2.24) is 0 Å². The van der Waals surface area contributed by atoms with Crippen molar-refractivity contribution < 1.29 is 38.1 Å². The Kier molecular flexibility index (Phi) is 17.1. The van der Waals surface area contributed by atoms with Gasteiger partial charge in [0.15, 0.2) is 0 Å². The minimum absolute atomic E-state index is 0.445. The van der Waals surface area contributed by atoms with E-state index in [1.165, 1.54) is 6.54 Å². The summed E-state index contributed by atoms with van der Waals surface area (Å²) in [6, 6.07) is 38.9. The molecule has 0 amide bonds. The average molecular weight is 1210 g/mol. The first kappa shape index (κ1) is 43.2. The van der Waals surface area contributed by atoms with Crippen LogP contribution in [0.2, 0.25) is 0 Å². The third-order valence-electron chi connectivity index (χ3n) is 6.86. The van der Waals surface area contributed by atoms with E-state index in [2.05, 4.69) is 50.6 Å². The topological polar surface area (TPSA) is 105 Å². The molecule has 0 fully saturated rings. The third kappa shape index (κ3) is 13.6. The fourth-order valence-corrected chi connectivity index (χ4v) is 45.3. The van der Waals surface area contributed by atoms with E-state index in [0.29, 0.717) is 23.0 Å². The molecule has 0 aliphatic carbocycles. The number of hydrogen-bond donors (Lipinski definition) is 0. The molecule has 0 atom stereocenters. The summed E-state index contributed by atoms with van der Waals surface area (Å²) in [5.41, 5.74) is 0.